The normalized spacial score (nSPS) is 11.4. The zero-order valence-electron chi connectivity index (χ0n) is 10.3. The van der Waals surface area contributed by atoms with Crippen molar-refractivity contribution in [2.24, 2.45) is 0 Å². The number of hydrogen-bond donors (Lipinski definition) is 1. The van der Waals surface area contributed by atoms with Crippen LogP contribution in [0, 0.1) is 11.3 Å². The molecule has 2 aromatic carbocycles. The summed E-state index contributed by atoms with van der Waals surface area (Å²) in [6, 6.07) is 18.2. The predicted molar refractivity (Wildman–Crippen MR) is 72.7 cm³/mol. The van der Waals surface area contributed by atoms with Crippen LogP contribution in [-0.4, -0.2) is 5.11 Å². The van der Waals surface area contributed by atoms with Gasteiger partial charge in [-0.25, -0.2) is 0 Å². The van der Waals surface area contributed by atoms with E-state index in [2.05, 4.69) is 6.58 Å². The second-order valence-electron chi connectivity index (χ2n) is 4.03. The van der Waals surface area contributed by atoms with Crippen LogP contribution in [0.4, 0.5) is 0 Å². The van der Waals surface area contributed by atoms with E-state index in [4.69, 9.17) is 10.00 Å². The topological polar surface area (TPSA) is 53.2 Å². The van der Waals surface area contributed by atoms with E-state index in [1.54, 1.807) is 24.3 Å². The molecule has 3 heteroatoms. The fraction of sp³-hybridized carbons (Fsp3) is 0.0625. The summed E-state index contributed by atoms with van der Waals surface area (Å²) < 4.78 is 5.66. The first-order valence-corrected chi connectivity index (χ1v) is 5.80. The molecule has 94 valence electrons. The lowest BCUT2D eigenvalue weighted by molar-refractivity contribution is 0.220. The third-order valence-corrected chi connectivity index (χ3v) is 2.63. The standard InChI is InChI=1S/C16H13NO2/c1-12(11-17)16(18)13-6-5-9-15(10-13)19-14-7-3-2-4-8-14/h2-10,16,18H,1H2. The Labute approximate surface area is 112 Å². The SMILES string of the molecule is C=C(C#N)C(O)c1cccc(Oc2ccccc2)c1. The molecule has 1 unspecified atom stereocenters. The number of nitrogens with zero attached hydrogens (tertiary/aromatic N) is 1. The lowest BCUT2D eigenvalue weighted by Gasteiger charge is -2.11. The van der Waals surface area contributed by atoms with Crippen LogP contribution in [0.5, 0.6) is 11.5 Å². The van der Waals surface area contributed by atoms with Gasteiger partial charge >= 0.3 is 0 Å². The van der Waals surface area contributed by atoms with Crippen molar-refractivity contribution in [3.05, 3.63) is 72.3 Å². The maximum atomic E-state index is 9.90. The van der Waals surface area contributed by atoms with Crippen LogP contribution in [0.15, 0.2) is 66.7 Å². The van der Waals surface area contributed by atoms with Crippen molar-refractivity contribution in [2.45, 2.75) is 6.10 Å². The number of hydrogen-bond acceptors (Lipinski definition) is 3. The van der Waals surface area contributed by atoms with Crippen LogP contribution in [0.3, 0.4) is 0 Å². The molecule has 0 aliphatic carbocycles. The molecular formula is C16H13NO2. The molecule has 0 bridgehead atoms. The Balaban J connectivity index is 2.21. The van der Waals surface area contributed by atoms with Crippen LogP contribution < -0.4 is 4.74 Å². The van der Waals surface area contributed by atoms with Crippen LogP contribution in [0.25, 0.3) is 0 Å². The Morgan fingerprint density at radius 2 is 1.79 bits per heavy atom. The Kier molecular flexibility index (Phi) is 3.97. The van der Waals surface area contributed by atoms with Gasteiger partial charge in [0.1, 0.15) is 17.6 Å². The molecular weight excluding hydrogens is 238 g/mol. The molecule has 0 amide bonds. The molecule has 0 spiro atoms. The first kappa shape index (κ1) is 12.9. The number of ether oxygens (including phenoxy) is 1. The van der Waals surface area contributed by atoms with Gasteiger partial charge < -0.3 is 9.84 Å². The number of aliphatic hydroxyl groups excluding tert-OH is 1. The van der Waals surface area contributed by atoms with Crippen LogP contribution in [0.2, 0.25) is 0 Å². The van der Waals surface area contributed by atoms with Crippen molar-refractivity contribution < 1.29 is 9.84 Å². The molecule has 0 saturated carbocycles. The van der Waals surface area contributed by atoms with Gasteiger partial charge in [0.25, 0.3) is 0 Å². The average molecular weight is 251 g/mol. The quantitative estimate of drug-likeness (QED) is 0.845. The van der Waals surface area contributed by atoms with Crippen molar-refractivity contribution in [2.75, 3.05) is 0 Å². The second-order valence-corrected chi connectivity index (χ2v) is 4.03. The second kappa shape index (κ2) is 5.85. The Bertz CT molecular complexity index is 614. The van der Waals surface area contributed by atoms with E-state index in [1.165, 1.54) is 0 Å². The highest BCUT2D eigenvalue weighted by Crippen LogP contribution is 2.26. The molecule has 1 N–H and O–H groups in total. The van der Waals surface area contributed by atoms with Gasteiger partial charge in [-0.1, -0.05) is 36.9 Å². The average Bonchev–Trinajstić information content (AvgIpc) is 2.47. The van der Waals surface area contributed by atoms with E-state index in [-0.39, 0.29) is 5.57 Å². The smallest absolute Gasteiger partial charge is 0.127 e. The van der Waals surface area contributed by atoms with Crippen molar-refractivity contribution in [3.8, 4) is 17.6 Å². The minimum Gasteiger partial charge on any atom is -0.457 e. The van der Waals surface area contributed by atoms with Gasteiger partial charge in [0.05, 0.1) is 11.6 Å². The number of aliphatic hydroxyl groups is 1. The van der Waals surface area contributed by atoms with E-state index in [1.807, 2.05) is 36.4 Å². The summed E-state index contributed by atoms with van der Waals surface area (Å²) >= 11 is 0. The van der Waals surface area contributed by atoms with Crippen molar-refractivity contribution in [1.29, 1.82) is 5.26 Å². The largest absolute Gasteiger partial charge is 0.457 e. The minimum absolute atomic E-state index is 0.108. The van der Waals surface area contributed by atoms with Gasteiger partial charge in [-0.15, -0.1) is 0 Å². The van der Waals surface area contributed by atoms with Gasteiger partial charge in [0.2, 0.25) is 0 Å². The van der Waals surface area contributed by atoms with E-state index in [9.17, 15) is 5.11 Å². The summed E-state index contributed by atoms with van der Waals surface area (Å²) in [5, 5.41) is 18.6. The zero-order valence-corrected chi connectivity index (χ0v) is 10.3. The highest BCUT2D eigenvalue weighted by atomic mass is 16.5. The van der Waals surface area contributed by atoms with Crippen LogP contribution in [0.1, 0.15) is 11.7 Å². The van der Waals surface area contributed by atoms with Gasteiger partial charge in [0, 0.05) is 0 Å². The highest BCUT2D eigenvalue weighted by Gasteiger charge is 2.11. The molecule has 0 saturated heterocycles. The number of nitriles is 1. The van der Waals surface area contributed by atoms with E-state index < -0.39 is 6.10 Å². The summed E-state index contributed by atoms with van der Waals surface area (Å²) in [7, 11) is 0. The van der Waals surface area contributed by atoms with Crippen LogP contribution in [-0.2, 0) is 0 Å². The molecule has 0 aliphatic rings. The maximum Gasteiger partial charge on any atom is 0.127 e. The van der Waals surface area contributed by atoms with E-state index in [0.29, 0.717) is 17.1 Å². The number of para-hydroxylation sites is 1. The maximum absolute atomic E-state index is 9.90. The molecule has 2 rings (SSSR count). The van der Waals surface area contributed by atoms with Crippen molar-refractivity contribution in [3.63, 3.8) is 0 Å². The zero-order chi connectivity index (χ0) is 13.7. The number of rotatable bonds is 4. The third kappa shape index (κ3) is 3.21. The van der Waals surface area contributed by atoms with Crippen molar-refractivity contribution >= 4 is 0 Å². The monoisotopic (exact) mass is 251 g/mol. The summed E-state index contributed by atoms with van der Waals surface area (Å²) in [4.78, 5) is 0. The van der Waals surface area contributed by atoms with Crippen LogP contribution >= 0.6 is 0 Å². The Morgan fingerprint density at radius 1 is 1.11 bits per heavy atom. The van der Waals surface area contributed by atoms with Gasteiger partial charge in [-0.05, 0) is 29.8 Å². The lowest BCUT2D eigenvalue weighted by Crippen LogP contribution is -1.99. The van der Waals surface area contributed by atoms with Crippen molar-refractivity contribution in [1.82, 2.24) is 0 Å². The van der Waals surface area contributed by atoms with Gasteiger partial charge in [-0.2, -0.15) is 5.26 Å². The molecule has 1 atom stereocenters. The molecule has 0 radical (unpaired) electrons. The molecule has 2 aromatic rings. The molecule has 0 fully saturated rings. The summed E-state index contributed by atoms with van der Waals surface area (Å²) in [5.74, 6) is 1.32. The highest BCUT2D eigenvalue weighted by molar-refractivity contribution is 5.38. The third-order valence-electron chi connectivity index (χ3n) is 2.63. The lowest BCUT2D eigenvalue weighted by atomic mass is 10.0. The minimum atomic E-state index is -0.996. The molecule has 0 aliphatic heterocycles. The molecule has 3 nitrogen and oxygen atoms in total. The first-order valence-electron chi connectivity index (χ1n) is 5.80. The predicted octanol–water partition coefficient (Wildman–Crippen LogP) is 3.59. The molecule has 0 aromatic heterocycles. The fourth-order valence-electron chi connectivity index (χ4n) is 1.64. The summed E-state index contributed by atoms with van der Waals surface area (Å²) in [6.07, 6.45) is -0.996. The summed E-state index contributed by atoms with van der Waals surface area (Å²) in [5.41, 5.74) is 0.692. The fourth-order valence-corrected chi connectivity index (χ4v) is 1.64. The van der Waals surface area contributed by atoms with E-state index >= 15 is 0 Å². The Morgan fingerprint density at radius 3 is 2.47 bits per heavy atom. The summed E-state index contributed by atoms with van der Waals surface area (Å²) in [6.45, 7) is 3.51. The first-order chi connectivity index (χ1) is 9.20. The van der Waals surface area contributed by atoms with Gasteiger partial charge in [0.15, 0.2) is 0 Å². The van der Waals surface area contributed by atoms with Gasteiger partial charge in [-0.3, -0.25) is 0 Å². The molecule has 19 heavy (non-hydrogen) atoms. The Hall–Kier alpha value is -2.57. The van der Waals surface area contributed by atoms with E-state index in [0.717, 1.165) is 0 Å². The molecule has 0 heterocycles. The number of benzene rings is 2.